The van der Waals surface area contributed by atoms with Crippen LogP contribution in [0.3, 0.4) is 0 Å². The second-order valence-corrected chi connectivity index (χ2v) is 5.56. The largest absolute Gasteiger partial charge is 0.378 e. The van der Waals surface area contributed by atoms with E-state index in [1.807, 2.05) is 0 Å². The Hall–Kier alpha value is -0.160. The van der Waals surface area contributed by atoms with Crippen molar-refractivity contribution in [2.45, 2.75) is 26.0 Å². The molecule has 1 aliphatic rings. The van der Waals surface area contributed by atoms with Crippen LogP contribution in [0.1, 0.15) is 18.4 Å². The number of aromatic nitrogens is 1. The summed E-state index contributed by atoms with van der Waals surface area (Å²) in [5.74, 6) is 0.639. The van der Waals surface area contributed by atoms with Gasteiger partial charge < -0.3 is 10.1 Å². The van der Waals surface area contributed by atoms with Crippen LogP contribution in [0.4, 0.5) is 0 Å². The van der Waals surface area contributed by atoms with E-state index in [-0.39, 0.29) is 0 Å². The van der Waals surface area contributed by atoms with Gasteiger partial charge in [-0.2, -0.15) is 0 Å². The van der Waals surface area contributed by atoms with E-state index in [0.717, 1.165) is 35.5 Å². The molecule has 0 aliphatic carbocycles. The van der Waals surface area contributed by atoms with Crippen molar-refractivity contribution in [1.82, 2.24) is 10.3 Å². The molecule has 0 bridgehead atoms. The third-order valence-electron chi connectivity index (χ3n) is 2.74. The van der Waals surface area contributed by atoms with Crippen molar-refractivity contribution in [3.63, 3.8) is 0 Å². The third kappa shape index (κ3) is 3.14. The normalized spacial score (nSPS) is 26.0. The Morgan fingerprint density at radius 3 is 3.20 bits per heavy atom. The van der Waals surface area contributed by atoms with Crippen LogP contribution in [0, 0.1) is 5.92 Å². The zero-order chi connectivity index (χ0) is 10.7. The molecule has 0 aromatic carbocycles. The van der Waals surface area contributed by atoms with Gasteiger partial charge in [0.15, 0.2) is 0 Å². The van der Waals surface area contributed by atoms with Crippen LogP contribution >= 0.6 is 22.9 Å². The quantitative estimate of drug-likeness (QED) is 0.886. The van der Waals surface area contributed by atoms with Crippen LogP contribution in [-0.2, 0) is 11.3 Å². The molecule has 2 atom stereocenters. The summed E-state index contributed by atoms with van der Waals surface area (Å²) in [5.41, 5.74) is 0. The lowest BCUT2D eigenvalue weighted by Gasteiger charge is -2.13. The Kier molecular flexibility index (Phi) is 3.97. The molecule has 1 aromatic heterocycles. The minimum absolute atomic E-state index is 0.386. The molecule has 84 valence electrons. The van der Waals surface area contributed by atoms with Crippen molar-refractivity contribution >= 4 is 22.9 Å². The van der Waals surface area contributed by atoms with Crippen LogP contribution < -0.4 is 5.32 Å². The van der Waals surface area contributed by atoms with Crippen LogP contribution in [0.2, 0.25) is 4.34 Å². The van der Waals surface area contributed by atoms with Gasteiger partial charge in [0.2, 0.25) is 0 Å². The maximum atomic E-state index is 5.80. The molecule has 1 aliphatic heterocycles. The highest BCUT2D eigenvalue weighted by Crippen LogP contribution is 2.20. The lowest BCUT2D eigenvalue weighted by molar-refractivity contribution is 0.105. The van der Waals surface area contributed by atoms with Gasteiger partial charge in [-0.25, -0.2) is 4.98 Å². The molecule has 2 rings (SSSR count). The number of ether oxygens (including phenoxy) is 1. The van der Waals surface area contributed by atoms with Gasteiger partial charge in [0.25, 0.3) is 0 Å². The van der Waals surface area contributed by atoms with Crippen molar-refractivity contribution in [2.24, 2.45) is 5.92 Å². The number of rotatable bonds is 4. The van der Waals surface area contributed by atoms with Crippen LogP contribution in [-0.4, -0.2) is 24.2 Å². The molecule has 1 N–H and O–H groups in total. The monoisotopic (exact) mass is 246 g/mol. The number of nitrogens with one attached hydrogen (secondary N) is 1. The Labute approximate surface area is 98.8 Å². The first-order valence-corrected chi connectivity index (χ1v) is 6.37. The van der Waals surface area contributed by atoms with Crippen LogP contribution in [0.15, 0.2) is 6.20 Å². The van der Waals surface area contributed by atoms with Gasteiger partial charge in [-0.3, -0.25) is 0 Å². The standard InChI is InChI=1S/C10H15ClN2OS/c1-7-8(2-3-14-7)4-12-6-10-13-5-9(11)15-10/h5,7-8,12H,2-4,6H2,1H3. The average molecular weight is 247 g/mol. The molecule has 0 radical (unpaired) electrons. The molecule has 1 aromatic rings. The predicted octanol–water partition coefficient (Wildman–Crippen LogP) is 2.31. The maximum absolute atomic E-state index is 5.80. The van der Waals surface area contributed by atoms with Gasteiger partial charge in [-0.1, -0.05) is 11.6 Å². The van der Waals surface area contributed by atoms with Crippen molar-refractivity contribution in [1.29, 1.82) is 0 Å². The molecule has 0 amide bonds. The summed E-state index contributed by atoms with van der Waals surface area (Å²) in [5, 5.41) is 4.44. The summed E-state index contributed by atoms with van der Waals surface area (Å²) in [7, 11) is 0. The highest BCUT2D eigenvalue weighted by atomic mass is 35.5. The van der Waals surface area contributed by atoms with Crippen LogP contribution in [0.25, 0.3) is 0 Å². The molecule has 2 heterocycles. The maximum Gasteiger partial charge on any atom is 0.113 e. The summed E-state index contributed by atoms with van der Waals surface area (Å²) in [6.45, 7) is 4.84. The molecule has 3 nitrogen and oxygen atoms in total. The Morgan fingerprint density at radius 1 is 1.73 bits per heavy atom. The Morgan fingerprint density at radius 2 is 2.60 bits per heavy atom. The van der Waals surface area contributed by atoms with E-state index in [9.17, 15) is 0 Å². The minimum atomic E-state index is 0.386. The van der Waals surface area contributed by atoms with E-state index in [0.29, 0.717) is 12.0 Å². The van der Waals surface area contributed by atoms with Crippen molar-refractivity contribution in [3.05, 3.63) is 15.5 Å². The molecule has 1 fully saturated rings. The molecule has 2 unspecified atom stereocenters. The first-order valence-electron chi connectivity index (χ1n) is 5.18. The fourth-order valence-electron chi connectivity index (χ4n) is 1.78. The van der Waals surface area contributed by atoms with E-state index < -0.39 is 0 Å². The van der Waals surface area contributed by atoms with E-state index in [4.69, 9.17) is 16.3 Å². The lowest BCUT2D eigenvalue weighted by Crippen LogP contribution is -2.26. The van der Waals surface area contributed by atoms with Gasteiger partial charge in [0.05, 0.1) is 12.3 Å². The number of hydrogen-bond donors (Lipinski definition) is 1. The van der Waals surface area contributed by atoms with Crippen molar-refractivity contribution < 1.29 is 4.74 Å². The van der Waals surface area contributed by atoms with E-state index in [1.54, 1.807) is 6.20 Å². The first kappa shape index (κ1) is 11.3. The molecule has 0 saturated carbocycles. The van der Waals surface area contributed by atoms with Gasteiger partial charge >= 0.3 is 0 Å². The SMILES string of the molecule is CC1OCCC1CNCc1ncc(Cl)s1. The van der Waals surface area contributed by atoms with Crippen LogP contribution in [0.5, 0.6) is 0 Å². The second kappa shape index (κ2) is 5.25. The topological polar surface area (TPSA) is 34.1 Å². The zero-order valence-corrected chi connectivity index (χ0v) is 10.3. The molecule has 15 heavy (non-hydrogen) atoms. The van der Waals surface area contributed by atoms with E-state index in [1.165, 1.54) is 11.3 Å². The number of nitrogens with zero attached hydrogens (tertiary/aromatic N) is 1. The van der Waals surface area contributed by atoms with E-state index >= 15 is 0 Å². The molecular formula is C10H15ClN2OS. The molecule has 1 saturated heterocycles. The van der Waals surface area contributed by atoms with Crippen molar-refractivity contribution in [3.8, 4) is 0 Å². The third-order valence-corrected chi connectivity index (χ3v) is 3.86. The highest BCUT2D eigenvalue weighted by molar-refractivity contribution is 7.15. The minimum Gasteiger partial charge on any atom is -0.378 e. The fraction of sp³-hybridized carbons (Fsp3) is 0.700. The molecule has 5 heteroatoms. The number of thiazole rings is 1. The summed E-state index contributed by atoms with van der Waals surface area (Å²) in [6, 6.07) is 0. The lowest BCUT2D eigenvalue weighted by atomic mass is 10.0. The van der Waals surface area contributed by atoms with Gasteiger partial charge in [0, 0.05) is 19.7 Å². The first-order chi connectivity index (χ1) is 7.25. The Balaban J connectivity index is 1.70. The fourth-order valence-corrected chi connectivity index (χ4v) is 2.70. The van der Waals surface area contributed by atoms with Gasteiger partial charge in [-0.15, -0.1) is 11.3 Å². The summed E-state index contributed by atoms with van der Waals surface area (Å²) in [6.07, 6.45) is 3.24. The summed E-state index contributed by atoms with van der Waals surface area (Å²) < 4.78 is 6.25. The van der Waals surface area contributed by atoms with Gasteiger partial charge in [-0.05, 0) is 19.3 Å². The highest BCUT2D eigenvalue weighted by Gasteiger charge is 2.23. The summed E-state index contributed by atoms with van der Waals surface area (Å²) >= 11 is 7.33. The van der Waals surface area contributed by atoms with Gasteiger partial charge in [0.1, 0.15) is 9.34 Å². The zero-order valence-electron chi connectivity index (χ0n) is 8.70. The van der Waals surface area contributed by atoms with Crippen molar-refractivity contribution in [2.75, 3.05) is 13.2 Å². The number of hydrogen-bond acceptors (Lipinski definition) is 4. The average Bonchev–Trinajstić information content (AvgIpc) is 2.77. The number of halogens is 1. The predicted molar refractivity (Wildman–Crippen MR) is 62.4 cm³/mol. The Bertz CT molecular complexity index is 318. The smallest absolute Gasteiger partial charge is 0.113 e. The second-order valence-electron chi connectivity index (χ2n) is 3.81. The molecule has 0 spiro atoms. The van der Waals surface area contributed by atoms with E-state index in [2.05, 4.69) is 17.2 Å². The summed E-state index contributed by atoms with van der Waals surface area (Å²) in [4.78, 5) is 4.19. The molecular weight excluding hydrogens is 232 g/mol.